The number of nitrogens with one attached hydrogen (secondary N) is 1. The monoisotopic (exact) mass is 497 g/mol. The third kappa shape index (κ3) is 8.08. The van der Waals surface area contributed by atoms with Gasteiger partial charge in [-0.15, -0.1) is 0 Å². The van der Waals surface area contributed by atoms with Crippen LogP contribution in [0, 0.1) is 0 Å². The summed E-state index contributed by atoms with van der Waals surface area (Å²) in [5.74, 6) is -0.356. The fourth-order valence-corrected chi connectivity index (χ4v) is 8.58. The lowest BCUT2D eigenvalue weighted by molar-refractivity contribution is -0.139. The topological polar surface area (TPSA) is 73.9 Å². The Morgan fingerprint density at radius 3 is 1.86 bits per heavy atom. The summed E-state index contributed by atoms with van der Waals surface area (Å²) in [6, 6.07) is 20.1. The molecule has 2 rings (SSSR count). The van der Waals surface area contributed by atoms with Gasteiger partial charge in [-0.1, -0.05) is 93.6 Å². The van der Waals surface area contributed by atoms with Crippen LogP contribution in [-0.4, -0.2) is 45.7 Å². The smallest absolute Gasteiger partial charge is 0.408 e. The van der Waals surface area contributed by atoms with Gasteiger partial charge in [-0.3, -0.25) is 4.79 Å². The van der Waals surface area contributed by atoms with Gasteiger partial charge in [0.05, 0.1) is 26.2 Å². The standard InChI is InChI=1S/C28H39NO5Si/c1-27(2,3)34-26(31)29-22(15-14-20-25(30)32-7)21-33-35(28(4,5)6,23-16-10-8-11-17-23)24-18-12-9-13-19-24/h8-19,22H,20-21H2,1-7H3,(H,29,31)/b15-14+/t22-/m1/s1. The van der Waals surface area contributed by atoms with Crippen LogP contribution in [0.4, 0.5) is 4.79 Å². The molecule has 0 aliphatic carbocycles. The molecule has 0 saturated carbocycles. The Bertz CT molecular complexity index is 938. The number of amides is 1. The van der Waals surface area contributed by atoms with Crippen molar-refractivity contribution >= 4 is 30.8 Å². The molecule has 35 heavy (non-hydrogen) atoms. The highest BCUT2D eigenvalue weighted by molar-refractivity contribution is 6.99. The minimum absolute atomic E-state index is 0.0994. The lowest BCUT2D eigenvalue weighted by atomic mass is 10.2. The van der Waals surface area contributed by atoms with Crippen molar-refractivity contribution in [2.45, 2.75) is 64.6 Å². The van der Waals surface area contributed by atoms with E-state index in [1.54, 1.807) is 12.2 Å². The summed E-state index contributed by atoms with van der Waals surface area (Å²) in [6.07, 6.45) is 3.00. The summed E-state index contributed by atoms with van der Waals surface area (Å²) in [5.41, 5.74) is -0.636. The molecule has 0 aromatic heterocycles. The largest absolute Gasteiger partial charge is 0.469 e. The minimum Gasteiger partial charge on any atom is -0.469 e. The number of alkyl carbamates (subject to hydrolysis) is 1. The first-order valence-electron chi connectivity index (χ1n) is 11.9. The number of methoxy groups -OCH3 is 1. The van der Waals surface area contributed by atoms with Crippen LogP contribution in [0.2, 0.25) is 5.04 Å². The van der Waals surface area contributed by atoms with E-state index in [1.807, 2.05) is 57.2 Å². The molecule has 0 saturated heterocycles. The molecular formula is C28H39NO5Si. The van der Waals surface area contributed by atoms with Crippen molar-refractivity contribution in [2.24, 2.45) is 0 Å². The van der Waals surface area contributed by atoms with Crippen LogP contribution in [0.5, 0.6) is 0 Å². The predicted octanol–water partition coefficient (Wildman–Crippen LogP) is 4.58. The first kappa shape index (κ1) is 28.3. The van der Waals surface area contributed by atoms with Gasteiger partial charge in [0.2, 0.25) is 0 Å². The van der Waals surface area contributed by atoms with Gasteiger partial charge in [-0.2, -0.15) is 0 Å². The predicted molar refractivity (Wildman–Crippen MR) is 143 cm³/mol. The summed E-state index contributed by atoms with van der Waals surface area (Å²) < 4.78 is 17.1. The van der Waals surface area contributed by atoms with Crippen LogP contribution in [0.1, 0.15) is 48.0 Å². The zero-order chi connectivity index (χ0) is 26.1. The fraction of sp³-hybridized carbons (Fsp3) is 0.429. The molecule has 0 aliphatic heterocycles. The minimum atomic E-state index is -2.80. The van der Waals surface area contributed by atoms with Gasteiger partial charge in [0.15, 0.2) is 0 Å². The number of hydrogen-bond donors (Lipinski definition) is 1. The van der Waals surface area contributed by atoms with Crippen LogP contribution in [-0.2, 0) is 18.7 Å². The Morgan fingerprint density at radius 1 is 0.914 bits per heavy atom. The maximum atomic E-state index is 12.6. The van der Waals surface area contributed by atoms with E-state index in [2.05, 4.69) is 50.4 Å². The second-order valence-electron chi connectivity index (χ2n) is 10.4. The van der Waals surface area contributed by atoms with Crippen molar-refractivity contribution in [3.63, 3.8) is 0 Å². The highest BCUT2D eigenvalue weighted by Crippen LogP contribution is 2.36. The zero-order valence-corrected chi connectivity index (χ0v) is 23.0. The Kier molecular flexibility index (Phi) is 9.86. The van der Waals surface area contributed by atoms with Crippen molar-refractivity contribution in [3.05, 3.63) is 72.8 Å². The summed E-state index contributed by atoms with van der Waals surface area (Å²) >= 11 is 0. The second kappa shape index (κ2) is 12.2. The SMILES string of the molecule is COC(=O)C/C=C/[C@H](CO[Si](c1ccccc1)(c1ccccc1)C(C)(C)C)NC(=O)OC(C)(C)C. The lowest BCUT2D eigenvalue weighted by Gasteiger charge is -2.43. The quantitative estimate of drug-likeness (QED) is 0.312. The summed E-state index contributed by atoms with van der Waals surface area (Å²) in [7, 11) is -1.45. The lowest BCUT2D eigenvalue weighted by Crippen LogP contribution is -2.67. The molecule has 0 bridgehead atoms. The molecule has 0 spiro atoms. The van der Waals surface area contributed by atoms with Crippen molar-refractivity contribution in [3.8, 4) is 0 Å². The highest BCUT2D eigenvalue weighted by atomic mass is 28.4. The Morgan fingerprint density at radius 2 is 1.43 bits per heavy atom. The van der Waals surface area contributed by atoms with E-state index in [0.29, 0.717) is 0 Å². The van der Waals surface area contributed by atoms with Crippen LogP contribution in [0.25, 0.3) is 0 Å². The molecule has 6 nitrogen and oxygen atoms in total. The van der Waals surface area contributed by atoms with Crippen LogP contribution >= 0.6 is 0 Å². The number of carbonyl (C=O) groups excluding carboxylic acids is 2. The van der Waals surface area contributed by atoms with E-state index >= 15 is 0 Å². The summed E-state index contributed by atoms with van der Waals surface area (Å²) in [6.45, 7) is 12.2. The molecule has 190 valence electrons. The number of ether oxygens (including phenoxy) is 2. The molecule has 1 amide bonds. The van der Waals surface area contributed by atoms with Gasteiger partial charge in [-0.25, -0.2) is 4.79 Å². The average Bonchev–Trinajstić information content (AvgIpc) is 2.78. The van der Waals surface area contributed by atoms with Crippen molar-refractivity contribution in [2.75, 3.05) is 13.7 Å². The average molecular weight is 498 g/mol. The van der Waals surface area contributed by atoms with Gasteiger partial charge in [0, 0.05) is 0 Å². The zero-order valence-electron chi connectivity index (χ0n) is 22.0. The maximum Gasteiger partial charge on any atom is 0.408 e. The number of carbonyl (C=O) groups is 2. The second-order valence-corrected chi connectivity index (χ2v) is 14.7. The van der Waals surface area contributed by atoms with Crippen molar-refractivity contribution < 1.29 is 23.5 Å². The van der Waals surface area contributed by atoms with Gasteiger partial charge in [0.1, 0.15) is 5.60 Å². The van der Waals surface area contributed by atoms with E-state index in [1.165, 1.54) is 7.11 Å². The van der Waals surface area contributed by atoms with E-state index in [0.717, 1.165) is 10.4 Å². The molecule has 0 radical (unpaired) electrons. The number of esters is 1. The van der Waals surface area contributed by atoms with Gasteiger partial charge < -0.3 is 19.2 Å². The van der Waals surface area contributed by atoms with Gasteiger partial charge in [-0.05, 0) is 36.2 Å². The fourth-order valence-electron chi connectivity index (χ4n) is 3.99. The van der Waals surface area contributed by atoms with Crippen LogP contribution < -0.4 is 15.7 Å². The number of rotatable bonds is 9. The maximum absolute atomic E-state index is 12.6. The van der Waals surface area contributed by atoms with E-state index < -0.39 is 26.1 Å². The number of hydrogen-bond acceptors (Lipinski definition) is 5. The molecule has 1 atom stereocenters. The normalized spacial score (nSPS) is 13.3. The molecule has 0 aliphatic rings. The molecule has 1 N–H and O–H groups in total. The van der Waals surface area contributed by atoms with Crippen LogP contribution in [0.15, 0.2) is 72.8 Å². The van der Waals surface area contributed by atoms with Crippen LogP contribution in [0.3, 0.4) is 0 Å². The third-order valence-corrected chi connectivity index (χ3v) is 10.5. The Balaban J connectivity index is 2.44. The van der Waals surface area contributed by atoms with E-state index in [-0.39, 0.29) is 24.0 Å². The third-order valence-electron chi connectivity index (χ3n) is 5.48. The summed E-state index contributed by atoms with van der Waals surface area (Å²) in [5, 5.41) is 4.98. The van der Waals surface area contributed by atoms with E-state index in [9.17, 15) is 9.59 Å². The van der Waals surface area contributed by atoms with Gasteiger partial charge in [0.25, 0.3) is 8.32 Å². The van der Waals surface area contributed by atoms with E-state index in [4.69, 9.17) is 13.9 Å². The first-order chi connectivity index (χ1) is 16.4. The molecule has 0 fully saturated rings. The Hall–Kier alpha value is -2.90. The molecule has 7 heteroatoms. The summed E-state index contributed by atoms with van der Waals surface area (Å²) in [4.78, 5) is 24.2. The highest BCUT2D eigenvalue weighted by Gasteiger charge is 2.50. The Labute approximate surface area is 210 Å². The molecule has 0 unspecified atom stereocenters. The molecule has 0 heterocycles. The van der Waals surface area contributed by atoms with Gasteiger partial charge >= 0.3 is 12.1 Å². The molecule has 2 aromatic rings. The first-order valence-corrected chi connectivity index (χ1v) is 13.8. The number of benzene rings is 2. The van der Waals surface area contributed by atoms with Crippen molar-refractivity contribution in [1.29, 1.82) is 0 Å². The van der Waals surface area contributed by atoms with Crippen molar-refractivity contribution in [1.82, 2.24) is 5.32 Å². The molecular weight excluding hydrogens is 458 g/mol. The molecule has 2 aromatic carbocycles.